The molecule has 3 heteroatoms. The Morgan fingerprint density at radius 2 is 1.74 bits per heavy atom. The van der Waals surface area contributed by atoms with Gasteiger partial charge in [-0.3, -0.25) is 4.98 Å². The number of pyridine rings is 1. The third-order valence-corrected chi connectivity index (χ3v) is 4.86. The number of fused-ring (bicyclic) bond motifs is 5. The zero-order valence-electron chi connectivity index (χ0n) is 15.9. The Balaban J connectivity index is 1.99. The lowest BCUT2D eigenvalue weighted by Crippen LogP contribution is -1.82. The highest BCUT2D eigenvalue weighted by Crippen LogP contribution is 2.38. The van der Waals surface area contributed by atoms with Crippen LogP contribution < -0.4 is 0 Å². The fourth-order valence-electron chi connectivity index (χ4n) is 2.92. The van der Waals surface area contributed by atoms with Gasteiger partial charge < -0.3 is 0 Å². The van der Waals surface area contributed by atoms with Crippen LogP contribution in [0.5, 0.6) is 0 Å². The highest BCUT2D eigenvalue weighted by molar-refractivity contribution is 7.15. The maximum absolute atomic E-state index is 8.43. The molecule has 0 saturated carbocycles. The van der Waals surface area contributed by atoms with Crippen molar-refractivity contribution in [3.05, 3.63) is 72.8 Å². The van der Waals surface area contributed by atoms with Crippen LogP contribution in [0.1, 0.15) is 5.48 Å². The molecule has 5 aromatic rings. The molecule has 0 radical (unpaired) electrons. The van der Waals surface area contributed by atoms with Crippen molar-refractivity contribution in [3.8, 4) is 11.4 Å². The van der Waals surface area contributed by atoms with Gasteiger partial charge in [-0.05, 0) is 39.8 Å². The van der Waals surface area contributed by atoms with Crippen molar-refractivity contribution in [1.29, 1.82) is 0 Å². The van der Waals surface area contributed by atoms with Crippen LogP contribution in [0.3, 0.4) is 0 Å². The first kappa shape index (κ1) is 9.38. The molecule has 2 heterocycles. The van der Waals surface area contributed by atoms with Gasteiger partial charge in [-0.25, -0.2) is 0 Å². The summed E-state index contributed by atoms with van der Waals surface area (Å²) in [5.41, 5.74) is 1.57. The topological polar surface area (TPSA) is 25.8 Å². The van der Waals surface area contributed by atoms with E-state index in [0.717, 1.165) is 32.2 Å². The van der Waals surface area contributed by atoms with Crippen LogP contribution in [0.2, 0.25) is 0 Å². The molecular weight excluding hydrogens is 300 g/mol. The number of hydrogen-bond acceptors (Lipinski definition) is 3. The van der Waals surface area contributed by atoms with Crippen LogP contribution in [0.15, 0.2) is 72.8 Å². The highest BCUT2D eigenvalue weighted by Gasteiger charge is 2.13. The highest BCUT2D eigenvalue weighted by atomic mass is 32.1. The minimum atomic E-state index is -0.216. The van der Waals surface area contributed by atoms with E-state index in [1.807, 2.05) is 36.4 Å². The molecule has 0 aliphatic heterocycles. The standard InChI is InChI=1S/C20H12N2S/c1-2-6-15-13(5-1)8-9-14-10-11-16-19(17-7-3-4-12-21-17)22-23-20(16)18(14)15/h1-12H/i1D,2D,5D,6D. The summed E-state index contributed by atoms with van der Waals surface area (Å²) >= 11 is 1.34. The van der Waals surface area contributed by atoms with Crippen molar-refractivity contribution >= 4 is 43.2 Å². The van der Waals surface area contributed by atoms with Crippen LogP contribution >= 0.6 is 11.5 Å². The molecule has 0 atom stereocenters. The number of rotatable bonds is 1. The molecule has 5 rings (SSSR count). The minimum Gasteiger partial charge on any atom is -0.255 e. The molecule has 0 amide bonds. The van der Waals surface area contributed by atoms with Crippen molar-refractivity contribution in [2.75, 3.05) is 0 Å². The predicted octanol–water partition coefficient (Wildman–Crippen LogP) is 5.66. The molecule has 2 aromatic heterocycles. The molecule has 0 spiro atoms. The van der Waals surface area contributed by atoms with E-state index in [2.05, 4.69) is 9.36 Å². The fraction of sp³-hybridized carbons (Fsp3) is 0. The molecule has 0 unspecified atom stereocenters. The first-order valence-electron chi connectivity index (χ1n) is 9.20. The maximum atomic E-state index is 8.43. The molecule has 2 nitrogen and oxygen atoms in total. The van der Waals surface area contributed by atoms with E-state index < -0.39 is 0 Å². The fourth-order valence-corrected chi connectivity index (χ4v) is 3.87. The van der Waals surface area contributed by atoms with Gasteiger partial charge in [0.05, 0.1) is 15.9 Å². The van der Waals surface area contributed by atoms with Crippen molar-refractivity contribution in [3.63, 3.8) is 0 Å². The zero-order valence-corrected chi connectivity index (χ0v) is 12.7. The Bertz CT molecular complexity index is 1360. The molecule has 0 saturated heterocycles. The Labute approximate surface area is 142 Å². The van der Waals surface area contributed by atoms with Crippen molar-refractivity contribution < 1.29 is 5.48 Å². The molecule has 0 aliphatic carbocycles. The lowest BCUT2D eigenvalue weighted by Gasteiger charge is -2.05. The van der Waals surface area contributed by atoms with Gasteiger partial charge in [0.15, 0.2) is 0 Å². The third-order valence-electron chi connectivity index (χ3n) is 3.98. The van der Waals surface area contributed by atoms with Gasteiger partial charge in [0.1, 0.15) is 5.69 Å². The van der Waals surface area contributed by atoms with E-state index in [1.165, 1.54) is 11.5 Å². The number of benzene rings is 3. The van der Waals surface area contributed by atoms with Crippen LogP contribution in [0, 0.1) is 0 Å². The Kier molecular flexibility index (Phi) is 1.98. The summed E-state index contributed by atoms with van der Waals surface area (Å²) in [5, 5.41) is 3.74. The first-order valence-corrected chi connectivity index (χ1v) is 7.98. The van der Waals surface area contributed by atoms with E-state index in [9.17, 15) is 0 Å². The lowest BCUT2D eigenvalue weighted by molar-refractivity contribution is 1.31. The minimum absolute atomic E-state index is 0.0145. The van der Waals surface area contributed by atoms with E-state index >= 15 is 0 Å². The number of hydrogen-bond donors (Lipinski definition) is 0. The Morgan fingerprint density at radius 1 is 0.870 bits per heavy atom. The second kappa shape index (κ2) is 4.86. The van der Waals surface area contributed by atoms with Gasteiger partial charge in [0.2, 0.25) is 0 Å². The molecule has 0 fully saturated rings. The molecule has 0 N–H and O–H groups in total. The Hall–Kier alpha value is -2.78. The smallest absolute Gasteiger partial charge is 0.110 e. The van der Waals surface area contributed by atoms with E-state index in [4.69, 9.17) is 5.48 Å². The SMILES string of the molecule is [2H]c1c([2H])c([2H])c2c(ccc3ccc4c(-c5ccccn5)nsc4c32)c1[2H]. The summed E-state index contributed by atoms with van der Waals surface area (Å²) < 4.78 is 38.2. The normalized spacial score (nSPS) is 13.9. The van der Waals surface area contributed by atoms with Crippen molar-refractivity contribution in [1.82, 2.24) is 9.36 Å². The quantitative estimate of drug-likeness (QED) is 0.373. The maximum Gasteiger partial charge on any atom is 0.110 e. The van der Waals surface area contributed by atoms with Crippen LogP contribution in [-0.2, 0) is 0 Å². The molecule has 23 heavy (non-hydrogen) atoms. The van der Waals surface area contributed by atoms with E-state index in [1.54, 1.807) is 12.3 Å². The number of nitrogens with zero attached hydrogens (tertiary/aromatic N) is 2. The van der Waals surface area contributed by atoms with E-state index in [0.29, 0.717) is 10.8 Å². The Morgan fingerprint density at radius 3 is 2.65 bits per heavy atom. The van der Waals surface area contributed by atoms with Gasteiger partial charge in [-0.2, -0.15) is 4.37 Å². The molecular formula is C20H12N2S. The van der Waals surface area contributed by atoms with Gasteiger partial charge in [0, 0.05) is 17.0 Å². The summed E-state index contributed by atoms with van der Waals surface area (Å²) in [4.78, 5) is 4.39. The number of aromatic nitrogens is 2. The molecule has 0 aliphatic rings. The van der Waals surface area contributed by atoms with Crippen LogP contribution in [0.4, 0.5) is 0 Å². The monoisotopic (exact) mass is 316 g/mol. The van der Waals surface area contributed by atoms with Gasteiger partial charge in [0.25, 0.3) is 0 Å². The lowest BCUT2D eigenvalue weighted by atomic mass is 10.00. The third kappa shape index (κ3) is 1.87. The summed E-state index contributed by atoms with van der Waals surface area (Å²) in [7, 11) is 0. The second-order valence-electron chi connectivity index (χ2n) is 5.27. The summed E-state index contributed by atoms with van der Waals surface area (Å²) in [5.74, 6) is 0. The van der Waals surface area contributed by atoms with Crippen LogP contribution in [0.25, 0.3) is 43.0 Å². The van der Waals surface area contributed by atoms with Crippen molar-refractivity contribution in [2.24, 2.45) is 0 Å². The van der Waals surface area contributed by atoms with Gasteiger partial charge in [-0.1, -0.05) is 54.5 Å². The average molecular weight is 316 g/mol. The predicted molar refractivity (Wildman–Crippen MR) is 97.9 cm³/mol. The summed E-state index contributed by atoms with van der Waals surface area (Å²) in [6.07, 6.45) is 1.73. The molecule has 3 aromatic carbocycles. The molecule has 0 bridgehead atoms. The van der Waals surface area contributed by atoms with Gasteiger partial charge in [-0.15, -0.1) is 0 Å². The largest absolute Gasteiger partial charge is 0.255 e. The van der Waals surface area contributed by atoms with Gasteiger partial charge >= 0.3 is 0 Å². The first-order chi connectivity index (χ1) is 13.1. The summed E-state index contributed by atoms with van der Waals surface area (Å²) in [6, 6.07) is 12.9. The van der Waals surface area contributed by atoms with Crippen LogP contribution in [-0.4, -0.2) is 9.36 Å². The summed E-state index contributed by atoms with van der Waals surface area (Å²) in [6.45, 7) is 0. The second-order valence-corrected chi connectivity index (χ2v) is 6.05. The molecule has 108 valence electrons. The van der Waals surface area contributed by atoms with E-state index in [-0.39, 0.29) is 24.2 Å². The average Bonchev–Trinajstić information content (AvgIpc) is 3.14. The zero-order chi connectivity index (χ0) is 18.7. The van der Waals surface area contributed by atoms with Crippen molar-refractivity contribution in [2.45, 2.75) is 0 Å².